The van der Waals surface area contributed by atoms with Crippen LogP contribution in [0.5, 0.6) is 0 Å². The van der Waals surface area contributed by atoms with Gasteiger partial charge in [-0.25, -0.2) is 4.98 Å². The Bertz CT molecular complexity index is 761. The Hall–Kier alpha value is -1.97. The van der Waals surface area contributed by atoms with Gasteiger partial charge in [0.2, 0.25) is 0 Å². The molecule has 0 spiro atoms. The van der Waals surface area contributed by atoms with Crippen LogP contribution < -0.4 is 0 Å². The average Bonchev–Trinajstić information content (AvgIpc) is 3.03. The minimum atomic E-state index is -1.12. The van der Waals surface area contributed by atoms with Gasteiger partial charge in [-0.15, -0.1) is 11.3 Å². The van der Waals surface area contributed by atoms with E-state index in [1.165, 1.54) is 0 Å². The van der Waals surface area contributed by atoms with Crippen LogP contribution in [0.1, 0.15) is 21.0 Å². The van der Waals surface area contributed by atoms with Crippen molar-refractivity contribution in [3.63, 3.8) is 0 Å². The highest BCUT2D eigenvalue weighted by molar-refractivity contribution is 7.11. The van der Waals surface area contributed by atoms with Crippen molar-refractivity contribution in [3.8, 4) is 11.1 Å². The number of aromatic nitrogens is 1. The zero-order valence-corrected chi connectivity index (χ0v) is 11.8. The van der Waals surface area contributed by atoms with E-state index in [4.69, 9.17) is 0 Å². The minimum Gasteiger partial charge on any atom is -0.374 e. The van der Waals surface area contributed by atoms with Crippen molar-refractivity contribution in [1.82, 2.24) is 4.98 Å². The number of aliphatic hydroxyl groups is 1. The summed E-state index contributed by atoms with van der Waals surface area (Å²) in [4.78, 5) is 5.54. The van der Waals surface area contributed by atoms with E-state index in [2.05, 4.69) is 17.1 Å². The van der Waals surface area contributed by atoms with Gasteiger partial charge < -0.3 is 5.11 Å². The van der Waals surface area contributed by atoms with Crippen LogP contribution in [-0.4, -0.2) is 10.1 Å². The molecule has 1 aliphatic carbocycles. The molecule has 1 N–H and O–H groups in total. The van der Waals surface area contributed by atoms with Crippen molar-refractivity contribution in [3.05, 3.63) is 75.7 Å². The van der Waals surface area contributed by atoms with E-state index in [-0.39, 0.29) is 0 Å². The highest BCUT2D eigenvalue weighted by Crippen LogP contribution is 2.51. The lowest BCUT2D eigenvalue weighted by molar-refractivity contribution is 0.130. The van der Waals surface area contributed by atoms with E-state index >= 15 is 0 Å². The fourth-order valence-corrected chi connectivity index (χ4v) is 3.85. The van der Waals surface area contributed by atoms with Gasteiger partial charge in [0.25, 0.3) is 0 Å². The second-order valence-corrected chi connectivity index (χ2v) is 6.31. The largest absolute Gasteiger partial charge is 0.374 e. The van der Waals surface area contributed by atoms with Gasteiger partial charge in [-0.3, -0.25) is 0 Å². The molecule has 1 heterocycles. The third-order valence-corrected chi connectivity index (χ3v) is 4.88. The second-order valence-electron chi connectivity index (χ2n) is 5.08. The topological polar surface area (TPSA) is 33.1 Å². The summed E-state index contributed by atoms with van der Waals surface area (Å²) in [5.41, 5.74) is 2.93. The first-order valence-corrected chi connectivity index (χ1v) is 7.37. The van der Waals surface area contributed by atoms with Crippen LogP contribution in [0.4, 0.5) is 0 Å². The molecule has 2 aromatic carbocycles. The summed E-state index contributed by atoms with van der Waals surface area (Å²) in [6.07, 6.45) is 1.82. The van der Waals surface area contributed by atoms with Gasteiger partial charge in [0, 0.05) is 22.2 Å². The molecule has 0 saturated carbocycles. The fraction of sp³-hybridized carbons (Fsp3) is 0.118. The zero-order valence-electron chi connectivity index (χ0n) is 11.0. The minimum absolute atomic E-state index is 0.743. The van der Waals surface area contributed by atoms with Crippen molar-refractivity contribution in [2.24, 2.45) is 0 Å². The van der Waals surface area contributed by atoms with Crippen molar-refractivity contribution >= 4 is 11.3 Å². The number of hydrogen-bond donors (Lipinski definition) is 1. The molecule has 1 aliphatic rings. The standard InChI is InChI=1S/C17H13NOS/c1-11-10-18-16(20-11)17(19)14-8-4-2-6-12(14)13-7-3-5-9-15(13)17/h2-10,19H,1H3. The Morgan fingerprint density at radius 1 is 0.950 bits per heavy atom. The Balaban J connectivity index is 2.09. The number of benzene rings is 2. The van der Waals surface area contributed by atoms with Gasteiger partial charge in [-0.2, -0.15) is 0 Å². The lowest BCUT2D eigenvalue weighted by atomic mass is 9.92. The van der Waals surface area contributed by atoms with Crippen LogP contribution in [0.15, 0.2) is 54.7 Å². The molecule has 2 nitrogen and oxygen atoms in total. The molecule has 98 valence electrons. The lowest BCUT2D eigenvalue weighted by Gasteiger charge is -2.23. The maximum Gasteiger partial charge on any atom is 0.167 e. The molecule has 0 fully saturated rings. The van der Waals surface area contributed by atoms with Gasteiger partial charge in [0.15, 0.2) is 5.60 Å². The third kappa shape index (κ3) is 1.39. The number of nitrogens with zero attached hydrogens (tertiary/aromatic N) is 1. The van der Waals surface area contributed by atoms with Crippen molar-refractivity contribution in [2.45, 2.75) is 12.5 Å². The zero-order chi connectivity index (χ0) is 13.7. The lowest BCUT2D eigenvalue weighted by Crippen LogP contribution is -2.25. The maximum atomic E-state index is 11.4. The highest BCUT2D eigenvalue weighted by Gasteiger charge is 2.44. The predicted molar refractivity (Wildman–Crippen MR) is 80.8 cm³/mol. The number of fused-ring (bicyclic) bond motifs is 3. The third-order valence-electron chi connectivity index (χ3n) is 3.85. The number of thiazole rings is 1. The van der Waals surface area contributed by atoms with E-state index in [0.717, 1.165) is 32.1 Å². The summed E-state index contributed by atoms with van der Waals surface area (Å²) in [5.74, 6) is 0. The molecular formula is C17H13NOS. The summed E-state index contributed by atoms with van der Waals surface area (Å²) in [7, 11) is 0. The van der Waals surface area contributed by atoms with Crippen molar-refractivity contribution < 1.29 is 5.11 Å². The molecule has 3 heteroatoms. The van der Waals surface area contributed by atoms with Crippen LogP contribution in [0.25, 0.3) is 11.1 Å². The molecule has 0 saturated heterocycles. The molecule has 3 aromatic rings. The molecule has 0 aliphatic heterocycles. The summed E-state index contributed by atoms with van der Waals surface area (Å²) in [6.45, 7) is 2.01. The normalized spacial score (nSPS) is 14.9. The summed E-state index contributed by atoms with van der Waals surface area (Å²) in [5, 5.41) is 12.2. The van der Waals surface area contributed by atoms with E-state index in [9.17, 15) is 5.11 Å². The average molecular weight is 279 g/mol. The predicted octanol–water partition coefficient (Wildman–Crippen LogP) is 3.72. The van der Waals surface area contributed by atoms with E-state index < -0.39 is 5.60 Å². The van der Waals surface area contributed by atoms with E-state index in [1.54, 1.807) is 11.3 Å². The van der Waals surface area contributed by atoms with Gasteiger partial charge >= 0.3 is 0 Å². The summed E-state index contributed by atoms with van der Waals surface area (Å²) < 4.78 is 0. The summed E-state index contributed by atoms with van der Waals surface area (Å²) in [6, 6.07) is 16.1. The molecule has 0 radical (unpaired) electrons. The van der Waals surface area contributed by atoms with Crippen LogP contribution in [-0.2, 0) is 5.60 Å². The van der Waals surface area contributed by atoms with Crippen LogP contribution in [0, 0.1) is 6.92 Å². The van der Waals surface area contributed by atoms with Gasteiger partial charge in [-0.05, 0) is 18.1 Å². The summed E-state index contributed by atoms with van der Waals surface area (Å²) >= 11 is 1.55. The molecule has 1 aromatic heterocycles. The SMILES string of the molecule is Cc1cnc(C2(O)c3ccccc3-c3ccccc32)s1. The van der Waals surface area contributed by atoms with Crippen LogP contribution >= 0.6 is 11.3 Å². The highest BCUT2D eigenvalue weighted by atomic mass is 32.1. The first-order chi connectivity index (χ1) is 9.71. The molecule has 0 bridgehead atoms. The quantitative estimate of drug-likeness (QED) is 0.736. The van der Waals surface area contributed by atoms with Crippen molar-refractivity contribution in [2.75, 3.05) is 0 Å². The molecule has 4 rings (SSSR count). The molecule has 0 unspecified atom stereocenters. The van der Waals surface area contributed by atoms with E-state index in [1.807, 2.05) is 49.5 Å². The number of hydrogen-bond acceptors (Lipinski definition) is 3. The molecule has 20 heavy (non-hydrogen) atoms. The van der Waals surface area contributed by atoms with Crippen LogP contribution in [0.2, 0.25) is 0 Å². The Labute approximate surface area is 121 Å². The number of aryl methyl sites for hydroxylation is 1. The first kappa shape index (κ1) is 11.8. The fourth-order valence-electron chi connectivity index (χ4n) is 2.96. The number of rotatable bonds is 1. The first-order valence-electron chi connectivity index (χ1n) is 6.56. The molecule has 0 amide bonds. The Kier molecular flexibility index (Phi) is 2.37. The molecular weight excluding hydrogens is 266 g/mol. The maximum absolute atomic E-state index is 11.4. The van der Waals surface area contributed by atoms with Crippen molar-refractivity contribution in [1.29, 1.82) is 0 Å². The smallest absolute Gasteiger partial charge is 0.167 e. The second kappa shape index (κ2) is 4.01. The Morgan fingerprint density at radius 3 is 2.00 bits per heavy atom. The monoisotopic (exact) mass is 279 g/mol. The van der Waals surface area contributed by atoms with E-state index in [0.29, 0.717) is 0 Å². The molecule has 0 atom stereocenters. The van der Waals surface area contributed by atoms with Gasteiger partial charge in [-0.1, -0.05) is 48.5 Å². The van der Waals surface area contributed by atoms with Gasteiger partial charge in [0.05, 0.1) is 0 Å². The van der Waals surface area contributed by atoms with Crippen LogP contribution in [0.3, 0.4) is 0 Å². The Morgan fingerprint density at radius 2 is 1.50 bits per heavy atom. The van der Waals surface area contributed by atoms with Gasteiger partial charge in [0.1, 0.15) is 5.01 Å².